The number of nitrogens with zero attached hydrogens (tertiary/aromatic N) is 2. The van der Waals surface area contributed by atoms with Crippen molar-refractivity contribution in [2.24, 2.45) is 5.92 Å². The number of amides is 2. The molecular weight excluding hydrogens is 354 g/mol. The fraction of sp³-hybridized carbons (Fsp3) is 0.636. The SMILES string of the molecule is COc1ccccc1NC(=O)C1CCN(C(C)C(=O)N2CCCCCC2)CC1. The maximum Gasteiger partial charge on any atom is 0.239 e. The van der Waals surface area contributed by atoms with Crippen LogP contribution in [0.25, 0.3) is 0 Å². The van der Waals surface area contributed by atoms with Gasteiger partial charge in [0.05, 0.1) is 18.8 Å². The van der Waals surface area contributed by atoms with Gasteiger partial charge in [0.1, 0.15) is 5.75 Å². The van der Waals surface area contributed by atoms with Gasteiger partial charge in [0.25, 0.3) is 0 Å². The van der Waals surface area contributed by atoms with Crippen LogP contribution in [0.4, 0.5) is 5.69 Å². The molecule has 6 heteroatoms. The molecule has 2 aliphatic heterocycles. The summed E-state index contributed by atoms with van der Waals surface area (Å²) in [7, 11) is 1.60. The van der Waals surface area contributed by atoms with E-state index in [4.69, 9.17) is 4.74 Å². The number of anilines is 1. The summed E-state index contributed by atoms with van der Waals surface area (Å²) in [5.41, 5.74) is 0.710. The third kappa shape index (κ3) is 5.04. The lowest BCUT2D eigenvalue weighted by Gasteiger charge is -2.36. The van der Waals surface area contributed by atoms with Gasteiger partial charge >= 0.3 is 0 Å². The first-order valence-corrected chi connectivity index (χ1v) is 10.6. The van der Waals surface area contributed by atoms with E-state index in [1.165, 1.54) is 12.8 Å². The number of para-hydroxylation sites is 2. The molecule has 2 aliphatic rings. The first-order valence-electron chi connectivity index (χ1n) is 10.6. The molecule has 6 nitrogen and oxygen atoms in total. The Morgan fingerprint density at radius 2 is 1.68 bits per heavy atom. The number of benzene rings is 1. The van der Waals surface area contributed by atoms with Gasteiger partial charge in [0, 0.05) is 19.0 Å². The largest absolute Gasteiger partial charge is 0.495 e. The normalized spacial score (nSPS) is 20.3. The summed E-state index contributed by atoms with van der Waals surface area (Å²) >= 11 is 0. The second-order valence-corrected chi connectivity index (χ2v) is 7.92. The number of likely N-dealkylation sites (tertiary alicyclic amines) is 2. The Morgan fingerprint density at radius 1 is 1.04 bits per heavy atom. The van der Waals surface area contributed by atoms with Crippen LogP contribution in [0.5, 0.6) is 5.75 Å². The predicted octanol–water partition coefficient (Wildman–Crippen LogP) is 3.14. The first kappa shape index (κ1) is 20.6. The Labute approximate surface area is 168 Å². The lowest BCUT2D eigenvalue weighted by Crippen LogP contribution is -2.50. The molecule has 1 aromatic rings. The summed E-state index contributed by atoms with van der Waals surface area (Å²) in [5, 5.41) is 3.00. The van der Waals surface area contributed by atoms with Crippen molar-refractivity contribution in [3.8, 4) is 5.75 Å². The summed E-state index contributed by atoms with van der Waals surface area (Å²) in [6.07, 6.45) is 6.24. The van der Waals surface area contributed by atoms with Crippen LogP contribution in [0.2, 0.25) is 0 Å². The smallest absolute Gasteiger partial charge is 0.239 e. The quantitative estimate of drug-likeness (QED) is 0.843. The number of rotatable bonds is 5. The Morgan fingerprint density at radius 3 is 2.32 bits per heavy atom. The predicted molar refractivity (Wildman–Crippen MR) is 110 cm³/mol. The molecule has 1 aromatic carbocycles. The van der Waals surface area contributed by atoms with Gasteiger partial charge in [-0.2, -0.15) is 0 Å². The molecule has 1 atom stereocenters. The van der Waals surface area contributed by atoms with Gasteiger partial charge < -0.3 is 15.0 Å². The number of nitrogens with one attached hydrogen (secondary N) is 1. The van der Waals surface area contributed by atoms with Crippen LogP contribution in [0, 0.1) is 5.92 Å². The molecule has 2 heterocycles. The van der Waals surface area contributed by atoms with Gasteiger partial charge in [-0.25, -0.2) is 0 Å². The number of piperidine rings is 1. The fourth-order valence-electron chi connectivity index (χ4n) is 4.24. The zero-order chi connectivity index (χ0) is 19.9. The van der Waals surface area contributed by atoms with Crippen molar-refractivity contribution in [3.63, 3.8) is 0 Å². The van der Waals surface area contributed by atoms with Crippen LogP contribution in [0.3, 0.4) is 0 Å². The van der Waals surface area contributed by atoms with Crippen molar-refractivity contribution < 1.29 is 14.3 Å². The summed E-state index contributed by atoms with van der Waals surface area (Å²) < 4.78 is 5.31. The van der Waals surface area contributed by atoms with Gasteiger partial charge in [-0.1, -0.05) is 25.0 Å². The van der Waals surface area contributed by atoms with Crippen molar-refractivity contribution in [1.82, 2.24) is 9.80 Å². The minimum absolute atomic E-state index is 0.0262. The summed E-state index contributed by atoms with van der Waals surface area (Å²) in [6.45, 7) is 5.36. The molecular formula is C22H33N3O3. The molecule has 0 aliphatic carbocycles. The molecule has 154 valence electrons. The number of methoxy groups -OCH3 is 1. The second-order valence-electron chi connectivity index (χ2n) is 7.92. The molecule has 0 saturated carbocycles. The number of ether oxygens (including phenoxy) is 1. The number of carbonyl (C=O) groups is 2. The van der Waals surface area contributed by atoms with E-state index >= 15 is 0 Å². The molecule has 0 radical (unpaired) electrons. The van der Waals surface area contributed by atoms with Gasteiger partial charge in [0.2, 0.25) is 11.8 Å². The van der Waals surface area contributed by atoms with Crippen LogP contribution >= 0.6 is 0 Å². The van der Waals surface area contributed by atoms with E-state index in [0.717, 1.165) is 51.9 Å². The molecule has 2 fully saturated rings. The Hall–Kier alpha value is -2.08. The van der Waals surface area contributed by atoms with Crippen LogP contribution in [-0.2, 0) is 9.59 Å². The van der Waals surface area contributed by atoms with Gasteiger partial charge in [-0.05, 0) is 57.8 Å². The summed E-state index contributed by atoms with van der Waals surface area (Å²) in [5.74, 6) is 0.932. The van der Waals surface area contributed by atoms with Gasteiger partial charge in [-0.15, -0.1) is 0 Å². The topological polar surface area (TPSA) is 61.9 Å². The third-order valence-electron chi connectivity index (χ3n) is 6.09. The highest BCUT2D eigenvalue weighted by Crippen LogP contribution is 2.26. The third-order valence-corrected chi connectivity index (χ3v) is 6.09. The summed E-state index contributed by atoms with van der Waals surface area (Å²) in [6, 6.07) is 7.37. The second kappa shape index (κ2) is 9.92. The Balaban J connectivity index is 1.50. The van der Waals surface area contributed by atoms with Crippen LogP contribution < -0.4 is 10.1 Å². The highest BCUT2D eigenvalue weighted by Gasteiger charge is 2.32. The minimum atomic E-state index is -0.101. The zero-order valence-corrected chi connectivity index (χ0v) is 17.2. The molecule has 0 spiro atoms. The summed E-state index contributed by atoms with van der Waals surface area (Å²) in [4.78, 5) is 29.8. The lowest BCUT2D eigenvalue weighted by atomic mass is 9.94. The molecule has 28 heavy (non-hydrogen) atoms. The Bertz CT molecular complexity index is 663. The van der Waals surface area contributed by atoms with E-state index in [1.807, 2.05) is 36.1 Å². The van der Waals surface area contributed by atoms with E-state index in [1.54, 1.807) is 7.11 Å². The number of hydrogen-bond acceptors (Lipinski definition) is 4. The Kier molecular flexibility index (Phi) is 7.31. The highest BCUT2D eigenvalue weighted by molar-refractivity contribution is 5.94. The minimum Gasteiger partial charge on any atom is -0.495 e. The van der Waals surface area contributed by atoms with Crippen molar-refractivity contribution in [2.75, 3.05) is 38.6 Å². The van der Waals surface area contributed by atoms with E-state index < -0.39 is 0 Å². The van der Waals surface area contributed by atoms with Crippen LogP contribution in [0.1, 0.15) is 45.4 Å². The van der Waals surface area contributed by atoms with Crippen LogP contribution in [0.15, 0.2) is 24.3 Å². The van der Waals surface area contributed by atoms with Crippen molar-refractivity contribution >= 4 is 17.5 Å². The molecule has 1 N–H and O–H groups in total. The fourth-order valence-corrected chi connectivity index (χ4v) is 4.24. The van der Waals surface area contributed by atoms with Crippen molar-refractivity contribution in [3.05, 3.63) is 24.3 Å². The average molecular weight is 388 g/mol. The monoisotopic (exact) mass is 387 g/mol. The molecule has 1 unspecified atom stereocenters. The van der Waals surface area contributed by atoms with Gasteiger partial charge in [-0.3, -0.25) is 14.5 Å². The van der Waals surface area contributed by atoms with Crippen LogP contribution in [-0.4, -0.2) is 60.9 Å². The van der Waals surface area contributed by atoms with Crippen molar-refractivity contribution in [1.29, 1.82) is 0 Å². The molecule has 2 saturated heterocycles. The first-order chi connectivity index (χ1) is 13.6. The number of carbonyl (C=O) groups excluding carboxylic acids is 2. The van der Waals surface area contributed by atoms with E-state index in [2.05, 4.69) is 10.2 Å². The number of hydrogen-bond donors (Lipinski definition) is 1. The average Bonchev–Trinajstić information content (AvgIpc) is 3.02. The molecule has 0 bridgehead atoms. The maximum absolute atomic E-state index is 12.9. The molecule has 2 amide bonds. The van der Waals surface area contributed by atoms with Crippen molar-refractivity contribution in [2.45, 2.75) is 51.5 Å². The van der Waals surface area contributed by atoms with Gasteiger partial charge in [0.15, 0.2) is 0 Å². The van der Waals surface area contributed by atoms with E-state index in [-0.39, 0.29) is 23.8 Å². The zero-order valence-electron chi connectivity index (χ0n) is 17.2. The maximum atomic E-state index is 12.9. The molecule has 3 rings (SSSR count). The van der Waals surface area contributed by atoms with E-state index in [9.17, 15) is 9.59 Å². The van der Waals surface area contributed by atoms with E-state index in [0.29, 0.717) is 11.4 Å². The standard InChI is InChI=1S/C22H33N3O3/c1-17(22(27)25-13-7-3-4-8-14-25)24-15-11-18(12-16-24)21(26)23-19-9-5-6-10-20(19)28-2/h5-6,9-10,17-18H,3-4,7-8,11-16H2,1-2H3,(H,23,26). The lowest BCUT2D eigenvalue weighted by molar-refractivity contribution is -0.137. The molecule has 0 aromatic heterocycles. The highest BCUT2D eigenvalue weighted by atomic mass is 16.5.